The highest BCUT2D eigenvalue weighted by molar-refractivity contribution is 7.89. The van der Waals surface area contributed by atoms with Crippen molar-refractivity contribution in [2.24, 2.45) is 0 Å². The maximum Gasteiger partial charge on any atom is 0.321 e. The third-order valence-corrected chi connectivity index (χ3v) is 4.33. The zero-order chi connectivity index (χ0) is 18.3. The lowest BCUT2D eigenvalue weighted by molar-refractivity contribution is -0.149. The average molecular weight is 360 g/mol. The van der Waals surface area contributed by atoms with Crippen LogP contribution in [0.25, 0.3) is 0 Å². The number of hydrogen-bond donors (Lipinski definition) is 1. The van der Waals surface area contributed by atoms with Crippen LogP contribution in [-0.4, -0.2) is 66.7 Å². The SMILES string of the molecule is COc1ccc(S(=O)(=O)NCC(=O)OCC(=O)N(C)C)cc1OC. The number of methoxy groups -OCH3 is 2. The predicted molar refractivity (Wildman–Crippen MR) is 84.4 cm³/mol. The molecule has 0 unspecified atom stereocenters. The van der Waals surface area contributed by atoms with Crippen LogP contribution in [0.1, 0.15) is 0 Å². The number of nitrogens with one attached hydrogen (secondary N) is 1. The molecule has 0 spiro atoms. The molecular weight excluding hydrogens is 340 g/mol. The van der Waals surface area contributed by atoms with E-state index in [-0.39, 0.29) is 10.6 Å². The Kier molecular flexibility index (Phi) is 6.98. The van der Waals surface area contributed by atoms with Crippen molar-refractivity contribution in [3.8, 4) is 11.5 Å². The van der Waals surface area contributed by atoms with Gasteiger partial charge in [-0.2, -0.15) is 4.72 Å². The lowest BCUT2D eigenvalue weighted by Crippen LogP contribution is -2.33. The Morgan fingerprint density at radius 1 is 1.12 bits per heavy atom. The number of benzene rings is 1. The van der Waals surface area contributed by atoms with Gasteiger partial charge in [-0.15, -0.1) is 0 Å². The molecule has 0 saturated heterocycles. The first-order valence-electron chi connectivity index (χ1n) is 6.78. The summed E-state index contributed by atoms with van der Waals surface area (Å²) in [5, 5.41) is 0. The molecular formula is C14H20N2O7S. The molecule has 1 aromatic rings. The minimum absolute atomic E-state index is 0.0997. The van der Waals surface area contributed by atoms with E-state index in [1.165, 1.54) is 51.4 Å². The highest BCUT2D eigenvalue weighted by atomic mass is 32.2. The van der Waals surface area contributed by atoms with E-state index < -0.39 is 35.1 Å². The van der Waals surface area contributed by atoms with Crippen molar-refractivity contribution in [2.45, 2.75) is 4.90 Å². The second-order valence-corrected chi connectivity index (χ2v) is 6.56. The number of carbonyl (C=O) groups is 2. The fourth-order valence-electron chi connectivity index (χ4n) is 1.54. The van der Waals surface area contributed by atoms with Crippen LogP contribution >= 0.6 is 0 Å². The fourth-order valence-corrected chi connectivity index (χ4v) is 2.53. The highest BCUT2D eigenvalue weighted by Gasteiger charge is 2.19. The van der Waals surface area contributed by atoms with E-state index in [2.05, 4.69) is 9.46 Å². The molecule has 0 heterocycles. The molecule has 0 bridgehead atoms. The number of esters is 1. The van der Waals surface area contributed by atoms with Gasteiger partial charge < -0.3 is 19.1 Å². The number of ether oxygens (including phenoxy) is 3. The molecule has 134 valence electrons. The fraction of sp³-hybridized carbons (Fsp3) is 0.429. The minimum atomic E-state index is -3.95. The van der Waals surface area contributed by atoms with Gasteiger partial charge in [0.15, 0.2) is 18.1 Å². The number of carbonyl (C=O) groups excluding carboxylic acids is 2. The Morgan fingerprint density at radius 3 is 2.29 bits per heavy atom. The first-order valence-corrected chi connectivity index (χ1v) is 8.27. The van der Waals surface area contributed by atoms with Crippen molar-refractivity contribution in [3.05, 3.63) is 18.2 Å². The molecule has 24 heavy (non-hydrogen) atoms. The van der Waals surface area contributed by atoms with Crippen LogP contribution in [0.4, 0.5) is 0 Å². The van der Waals surface area contributed by atoms with Crippen molar-refractivity contribution >= 4 is 21.9 Å². The Labute approximate surface area is 140 Å². The second-order valence-electron chi connectivity index (χ2n) is 4.79. The van der Waals surface area contributed by atoms with E-state index in [4.69, 9.17) is 9.47 Å². The highest BCUT2D eigenvalue weighted by Crippen LogP contribution is 2.29. The molecule has 0 saturated carbocycles. The Morgan fingerprint density at radius 2 is 1.75 bits per heavy atom. The van der Waals surface area contributed by atoms with Gasteiger partial charge in [0.25, 0.3) is 5.91 Å². The molecule has 1 aromatic carbocycles. The topological polar surface area (TPSA) is 111 Å². The largest absolute Gasteiger partial charge is 0.493 e. The minimum Gasteiger partial charge on any atom is -0.493 e. The smallest absolute Gasteiger partial charge is 0.321 e. The normalized spacial score (nSPS) is 10.8. The molecule has 0 aromatic heterocycles. The summed E-state index contributed by atoms with van der Waals surface area (Å²) >= 11 is 0. The van der Waals surface area contributed by atoms with Gasteiger partial charge in [-0.3, -0.25) is 9.59 Å². The monoisotopic (exact) mass is 360 g/mol. The zero-order valence-corrected chi connectivity index (χ0v) is 14.7. The number of nitrogens with zero attached hydrogens (tertiary/aromatic N) is 1. The van der Waals surface area contributed by atoms with Crippen molar-refractivity contribution in [2.75, 3.05) is 41.5 Å². The summed E-state index contributed by atoms with van der Waals surface area (Å²) in [5.41, 5.74) is 0. The van der Waals surface area contributed by atoms with Gasteiger partial charge in [0.2, 0.25) is 10.0 Å². The summed E-state index contributed by atoms with van der Waals surface area (Å²) < 4.78 is 41.1. The molecule has 1 N–H and O–H groups in total. The third-order valence-electron chi connectivity index (χ3n) is 2.93. The summed E-state index contributed by atoms with van der Waals surface area (Å²) in [4.78, 5) is 23.9. The van der Waals surface area contributed by atoms with Crippen LogP contribution in [0.5, 0.6) is 11.5 Å². The van der Waals surface area contributed by atoms with Gasteiger partial charge in [-0.1, -0.05) is 0 Å². The van der Waals surface area contributed by atoms with E-state index in [1.807, 2.05) is 0 Å². The van der Waals surface area contributed by atoms with Crippen LogP contribution in [0.2, 0.25) is 0 Å². The van der Waals surface area contributed by atoms with E-state index >= 15 is 0 Å². The lowest BCUT2D eigenvalue weighted by Gasteiger charge is -2.12. The van der Waals surface area contributed by atoms with Crippen molar-refractivity contribution in [1.29, 1.82) is 0 Å². The number of amides is 1. The van der Waals surface area contributed by atoms with Crippen LogP contribution < -0.4 is 14.2 Å². The summed E-state index contributed by atoms with van der Waals surface area (Å²) in [7, 11) is 1.87. The van der Waals surface area contributed by atoms with Gasteiger partial charge >= 0.3 is 5.97 Å². The number of likely N-dealkylation sites (N-methyl/N-ethyl adjacent to an activating group) is 1. The molecule has 0 aliphatic carbocycles. The molecule has 0 fully saturated rings. The maximum atomic E-state index is 12.2. The first kappa shape index (κ1) is 19.7. The third kappa shape index (κ3) is 5.39. The summed E-state index contributed by atoms with van der Waals surface area (Å²) in [6.07, 6.45) is 0. The second kappa shape index (κ2) is 8.50. The molecule has 1 rings (SSSR count). The Balaban J connectivity index is 2.70. The van der Waals surface area contributed by atoms with Crippen molar-refractivity contribution in [3.63, 3.8) is 0 Å². The number of sulfonamides is 1. The van der Waals surface area contributed by atoms with E-state index in [1.54, 1.807) is 0 Å². The first-order chi connectivity index (χ1) is 11.2. The molecule has 1 amide bonds. The summed E-state index contributed by atoms with van der Waals surface area (Å²) in [6, 6.07) is 4.01. The van der Waals surface area contributed by atoms with Gasteiger partial charge in [0.1, 0.15) is 6.54 Å². The average Bonchev–Trinajstić information content (AvgIpc) is 2.56. The van der Waals surface area contributed by atoms with Crippen LogP contribution in [-0.2, 0) is 24.3 Å². The Bertz CT molecular complexity index is 701. The van der Waals surface area contributed by atoms with Gasteiger partial charge in [0.05, 0.1) is 19.1 Å². The van der Waals surface area contributed by atoms with E-state index in [9.17, 15) is 18.0 Å². The van der Waals surface area contributed by atoms with Crippen LogP contribution in [0.15, 0.2) is 23.1 Å². The zero-order valence-electron chi connectivity index (χ0n) is 13.9. The summed E-state index contributed by atoms with van der Waals surface area (Å²) in [6.45, 7) is -1.05. The lowest BCUT2D eigenvalue weighted by atomic mass is 10.3. The van der Waals surface area contributed by atoms with Crippen molar-refractivity contribution in [1.82, 2.24) is 9.62 Å². The van der Waals surface area contributed by atoms with Gasteiger partial charge in [-0.25, -0.2) is 8.42 Å². The Hall–Kier alpha value is -2.33. The predicted octanol–water partition coefficient (Wildman–Crippen LogP) is -0.386. The summed E-state index contributed by atoms with van der Waals surface area (Å²) in [5.74, 6) is -0.669. The van der Waals surface area contributed by atoms with Gasteiger partial charge in [0, 0.05) is 20.2 Å². The molecule has 10 heteroatoms. The number of rotatable bonds is 8. The van der Waals surface area contributed by atoms with Crippen molar-refractivity contribution < 1.29 is 32.2 Å². The quantitative estimate of drug-likeness (QED) is 0.629. The van der Waals surface area contributed by atoms with Crippen LogP contribution in [0.3, 0.4) is 0 Å². The molecule has 0 radical (unpaired) electrons. The van der Waals surface area contributed by atoms with E-state index in [0.29, 0.717) is 5.75 Å². The number of hydrogen-bond acceptors (Lipinski definition) is 7. The molecule has 9 nitrogen and oxygen atoms in total. The molecule has 0 aliphatic heterocycles. The van der Waals surface area contributed by atoms with Crippen LogP contribution in [0, 0.1) is 0 Å². The molecule has 0 atom stereocenters. The maximum absolute atomic E-state index is 12.2. The van der Waals surface area contributed by atoms with Gasteiger partial charge in [-0.05, 0) is 12.1 Å². The standard InChI is InChI=1S/C14H20N2O7S/c1-16(2)13(17)9-23-14(18)8-15-24(19,20)10-5-6-11(21-3)12(7-10)22-4/h5-7,15H,8-9H2,1-4H3. The molecule has 0 aliphatic rings. The van der Waals surface area contributed by atoms with E-state index in [0.717, 1.165) is 0 Å².